The maximum Gasteiger partial charge on any atom is 0.270 e. The van der Waals surface area contributed by atoms with Crippen molar-refractivity contribution in [2.24, 2.45) is 0 Å². The van der Waals surface area contributed by atoms with Gasteiger partial charge in [0.25, 0.3) is 11.6 Å². The van der Waals surface area contributed by atoms with Gasteiger partial charge in [0.1, 0.15) is 5.69 Å². The van der Waals surface area contributed by atoms with Crippen molar-refractivity contribution in [1.29, 1.82) is 0 Å². The van der Waals surface area contributed by atoms with Gasteiger partial charge in [-0.1, -0.05) is 18.2 Å². The molecule has 0 saturated carbocycles. The molecule has 0 atom stereocenters. The molecule has 3 aromatic carbocycles. The number of hydrogen-bond donors (Lipinski definition) is 1. The van der Waals surface area contributed by atoms with Crippen LogP contribution in [0.15, 0.2) is 66.7 Å². The smallest absolute Gasteiger partial charge is 0.270 e. The number of amides is 1. The molecule has 0 aliphatic heterocycles. The second-order valence-corrected chi connectivity index (χ2v) is 8.59. The number of aromatic nitrogens is 2. The maximum atomic E-state index is 13.3. The lowest BCUT2D eigenvalue weighted by Crippen LogP contribution is -2.27. The number of aryl methyl sites for hydroxylation is 2. The summed E-state index contributed by atoms with van der Waals surface area (Å²) in [5.41, 5.74) is 5.61. The largest absolute Gasteiger partial charge is 0.493 e. The summed E-state index contributed by atoms with van der Waals surface area (Å²) in [5.74, 6) is 0.961. The van der Waals surface area contributed by atoms with Gasteiger partial charge in [0, 0.05) is 24.2 Å². The fraction of sp³-hybridized carbons (Fsp3) is 0.214. The summed E-state index contributed by atoms with van der Waals surface area (Å²) in [5, 5.41) is 18.7. The lowest BCUT2D eigenvalue weighted by Gasteiger charge is -2.11. The highest BCUT2D eigenvalue weighted by Crippen LogP contribution is 2.28. The average molecular weight is 501 g/mol. The van der Waals surface area contributed by atoms with E-state index in [1.165, 1.54) is 16.8 Å². The summed E-state index contributed by atoms with van der Waals surface area (Å²) in [4.78, 5) is 23.9. The number of nitro benzene ring substituents is 1. The molecule has 9 nitrogen and oxygen atoms in total. The first kappa shape index (κ1) is 25.4. The monoisotopic (exact) mass is 500 g/mol. The molecule has 37 heavy (non-hydrogen) atoms. The first-order chi connectivity index (χ1) is 17.8. The number of methoxy groups -OCH3 is 2. The van der Waals surface area contributed by atoms with E-state index in [9.17, 15) is 14.9 Å². The van der Waals surface area contributed by atoms with E-state index in [0.29, 0.717) is 41.5 Å². The molecule has 0 radical (unpaired) electrons. The number of nitrogens with one attached hydrogen (secondary N) is 1. The lowest BCUT2D eigenvalue weighted by atomic mass is 10.0. The molecule has 4 aromatic rings. The summed E-state index contributed by atoms with van der Waals surface area (Å²) >= 11 is 0. The number of benzene rings is 3. The van der Waals surface area contributed by atoms with Crippen molar-refractivity contribution in [2.75, 3.05) is 20.8 Å². The Morgan fingerprint density at radius 3 is 2.32 bits per heavy atom. The van der Waals surface area contributed by atoms with E-state index in [2.05, 4.69) is 10.4 Å². The molecule has 190 valence electrons. The van der Waals surface area contributed by atoms with Gasteiger partial charge in [-0.05, 0) is 73.4 Å². The van der Waals surface area contributed by atoms with Crippen molar-refractivity contribution in [3.63, 3.8) is 0 Å². The molecule has 1 aromatic heterocycles. The SMILES string of the molecule is COc1ccc(CCNC(=O)c2cc(-c3ccc(C)c(C)c3)nn2-c2ccc([N+](=O)[O-])cc2)cc1OC. The van der Waals surface area contributed by atoms with Crippen LogP contribution in [0.25, 0.3) is 16.9 Å². The van der Waals surface area contributed by atoms with Crippen LogP contribution in [0.2, 0.25) is 0 Å². The zero-order valence-electron chi connectivity index (χ0n) is 21.1. The molecule has 0 bridgehead atoms. The van der Waals surface area contributed by atoms with Gasteiger partial charge in [-0.2, -0.15) is 5.10 Å². The van der Waals surface area contributed by atoms with Crippen LogP contribution < -0.4 is 14.8 Å². The molecule has 1 heterocycles. The summed E-state index contributed by atoms with van der Waals surface area (Å²) in [6.45, 7) is 4.44. The normalized spacial score (nSPS) is 10.7. The number of carbonyl (C=O) groups excluding carboxylic acids is 1. The minimum absolute atomic E-state index is 0.0359. The van der Waals surface area contributed by atoms with Gasteiger partial charge in [0.2, 0.25) is 0 Å². The third-order valence-electron chi connectivity index (χ3n) is 6.20. The summed E-state index contributed by atoms with van der Waals surface area (Å²) in [6.07, 6.45) is 0.585. The second-order valence-electron chi connectivity index (χ2n) is 8.59. The molecule has 4 rings (SSSR count). The number of nitro groups is 1. The van der Waals surface area contributed by atoms with Crippen molar-refractivity contribution < 1.29 is 19.2 Å². The molecule has 0 fully saturated rings. The Hall–Kier alpha value is -4.66. The van der Waals surface area contributed by atoms with Gasteiger partial charge in [-0.15, -0.1) is 0 Å². The van der Waals surface area contributed by atoms with E-state index in [0.717, 1.165) is 22.3 Å². The van der Waals surface area contributed by atoms with E-state index in [4.69, 9.17) is 9.47 Å². The molecule has 0 aliphatic carbocycles. The third-order valence-corrected chi connectivity index (χ3v) is 6.20. The fourth-order valence-corrected chi connectivity index (χ4v) is 3.94. The van der Waals surface area contributed by atoms with Crippen LogP contribution in [0.3, 0.4) is 0 Å². The molecular weight excluding hydrogens is 472 g/mol. The number of rotatable bonds is 9. The minimum Gasteiger partial charge on any atom is -0.493 e. The molecular formula is C28H28N4O5. The quantitative estimate of drug-likeness (QED) is 0.254. The fourth-order valence-electron chi connectivity index (χ4n) is 3.94. The van der Waals surface area contributed by atoms with Crippen LogP contribution in [0.5, 0.6) is 11.5 Å². The van der Waals surface area contributed by atoms with Gasteiger partial charge >= 0.3 is 0 Å². The second kappa shape index (κ2) is 10.9. The Labute approximate surface area is 214 Å². The average Bonchev–Trinajstić information content (AvgIpc) is 3.36. The summed E-state index contributed by atoms with van der Waals surface area (Å²) in [7, 11) is 3.16. The van der Waals surface area contributed by atoms with Gasteiger partial charge in [-0.25, -0.2) is 4.68 Å². The Kier molecular flexibility index (Phi) is 7.52. The Bertz CT molecular complexity index is 1440. The van der Waals surface area contributed by atoms with E-state index in [-0.39, 0.29) is 11.6 Å². The molecule has 1 N–H and O–H groups in total. The summed E-state index contributed by atoms with van der Waals surface area (Å²) in [6, 6.07) is 19.3. The van der Waals surface area contributed by atoms with Gasteiger partial charge in [0.15, 0.2) is 11.5 Å². The highest BCUT2D eigenvalue weighted by atomic mass is 16.6. The number of nitrogens with zero attached hydrogens (tertiary/aromatic N) is 3. The van der Waals surface area contributed by atoms with Crippen LogP contribution in [0.4, 0.5) is 5.69 Å². The van der Waals surface area contributed by atoms with Crippen molar-refractivity contribution in [1.82, 2.24) is 15.1 Å². The Balaban J connectivity index is 1.60. The van der Waals surface area contributed by atoms with Crippen LogP contribution in [0, 0.1) is 24.0 Å². The van der Waals surface area contributed by atoms with Crippen molar-refractivity contribution in [3.8, 4) is 28.4 Å². The van der Waals surface area contributed by atoms with E-state index < -0.39 is 4.92 Å². The van der Waals surface area contributed by atoms with Gasteiger partial charge in [0.05, 0.1) is 30.5 Å². The first-order valence-corrected chi connectivity index (χ1v) is 11.7. The Morgan fingerprint density at radius 1 is 0.946 bits per heavy atom. The first-order valence-electron chi connectivity index (χ1n) is 11.7. The molecule has 0 unspecified atom stereocenters. The zero-order valence-corrected chi connectivity index (χ0v) is 21.1. The summed E-state index contributed by atoms with van der Waals surface area (Å²) < 4.78 is 12.1. The van der Waals surface area contributed by atoms with Crippen LogP contribution in [-0.2, 0) is 6.42 Å². The number of hydrogen-bond acceptors (Lipinski definition) is 6. The molecule has 0 aliphatic rings. The van der Waals surface area contributed by atoms with Crippen molar-refractivity contribution >= 4 is 11.6 Å². The predicted molar refractivity (Wildman–Crippen MR) is 141 cm³/mol. The van der Waals surface area contributed by atoms with Crippen molar-refractivity contribution in [3.05, 3.63) is 99.2 Å². The van der Waals surface area contributed by atoms with Gasteiger partial charge < -0.3 is 14.8 Å². The minimum atomic E-state index is -0.463. The van der Waals surface area contributed by atoms with E-state index >= 15 is 0 Å². The number of carbonyl (C=O) groups is 1. The lowest BCUT2D eigenvalue weighted by molar-refractivity contribution is -0.384. The molecule has 0 saturated heterocycles. The van der Waals surface area contributed by atoms with Crippen LogP contribution in [-0.4, -0.2) is 41.4 Å². The molecule has 9 heteroatoms. The highest BCUT2D eigenvalue weighted by Gasteiger charge is 2.19. The van der Waals surface area contributed by atoms with E-state index in [1.54, 1.807) is 32.4 Å². The predicted octanol–water partition coefficient (Wildman–Crippen LogP) is 5.05. The molecule has 0 spiro atoms. The topological polar surface area (TPSA) is 109 Å². The third kappa shape index (κ3) is 5.61. The van der Waals surface area contributed by atoms with E-state index in [1.807, 2.05) is 50.2 Å². The zero-order chi connectivity index (χ0) is 26.5. The highest BCUT2D eigenvalue weighted by molar-refractivity contribution is 5.94. The van der Waals surface area contributed by atoms with Crippen LogP contribution in [0.1, 0.15) is 27.2 Å². The maximum absolute atomic E-state index is 13.3. The van der Waals surface area contributed by atoms with Gasteiger partial charge in [-0.3, -0.25) is 14.9 Å². The van der Waals surface area contributed by atoms with Crippen LogP contribution >= 0.6 is 0 Å². The standard InChI is InChI=1S/C28H28N4O5/c1-18-5-7-21(15-19(18)2)24-17-25(31(30-24)22-8-10-23(11-9-22)32(34)35)28(33)29-14-13-20-6-12-26(36-3)27(16-20)37-4/h5-12,15-17H,13-14H2,1-4H3,(H,29,33). The number of ether oxygens (including phenoxy) is 2. The Morgan fingerprint density at radius 2 is 1.68 bits per heavy atom. The van der Waals surface area contributed by atoms with Crippen molar-refractivity contribution in [2.45, 2.75) is 20.3 Å². The number of non-ortho nitro benzene ring substituents is 1. The molecule has 1 amide bonds.